The third kappa shape index (κ3) is 4.90. The Balaban J connectivity index is 0.00000243. The van der Waals surface area contributed by atoms with Gasteiger partial charge in [-0.2, -0.15) is 0 Å². The molecule has 1 atom stereocenters. The molecule has 0 saturated heterocycles. The molecule has 1 unspecified atom stereocenters. The molecule has 26 heavy (non-hydrogen) atoms. The number of aryl methyl sites for hydroxylation is 1. The van der Waals surface area contributed by atoms with Gasteiger partial charge in [-0.05, 0) is 48.7 Å². The molecule has 1 aliphatic heterocycles. The summed E-state index contributed by atoms with van der Waals surface area (Å²) in [5.41, 5.74) is 3.69. The topological polar surface area (TPSA) is 59.6 Å². The van der Waals surface area contributed by atoms with E-state index in [4.69, 9.17) is 9.47 Å². The second-order valence-electron chi connectivity index (χ2n) is 6.20. The zero-order chi connectivity index (χ0) is 17.6. The number of amides is 1. The van der Waals surface area contributed by atoms with Crippen LogP contribution in [-0.4, -0.2) is 32.7 Å². The van der Waals surface area contributed by atoms with E-state index in [-0.39, 0.29) is 31.0 Å². The molecule has 2 aromatic rings. The second-order valence-corrected chi connectivity index (χ2v) is 6.20. The van der Waals surface area contributed by atoms with Crippen LogP contribution in [0.3, 0.4) is 0 Å². The van der Waals surface area contributed by atoms with Crippen LogP contribution in [0.2, 0.25) is 0 Å². The van der Waals surface area contributed by atoms with Crippen LogP contribution in [0.4, 0.5) is 0 Å². The van der Waals surface area contributed by atoms with Gasteiger partial charge in [0, 0.05) is 12.6 Å². The third-order valence-electron chi connectivity index (χ3n) is 4.40. The number of hydrogen-bond donors (Lipinski definition) is 2. The van der Waals surface area contributed by atoms with Crippen molar-refractivity contribution < 1.29 is 14.3 Å². The van der Waals surface area contributed by atoms with Gasteiger partial charge >= 0.3 is 0 Å². The highest BCUT2D eigenvalue weighted by atomic mass is 35.5. The highest BCUT2D eigenvalue weighted by molar-refractivity contribution is 5.85. The maximum absolute atomic E-state index is 12.1. The molecule has 0 fully saturated rings. The van der Waals surface area contributed by atoms with Crippen molar-refractivity contribution in [2.24, 2.45) is 0 Å². The summed E-state index contributed by atoms with van der Waals surface area (Å²) in [4.78, 5) is 12.1. The van der Waals surface area contributed by atoms with E-state index >= 15 is 0 Å². The number of benzene rings is 2. The standard InChI is InChI=1S/C20H24N2O3.ClH/c1-14-7-8-18(19(11-14)24-2)25-13-20(23)22-12-17-16-6-4-3-5-15(16)9-10-21-17;/h3-8,11,17,21H,9-10,12-13H2,1-2H3,(H,22,23);1H. The average Bonchev–Trinajstić information content (AvgIpc) is 2.65. The average molecular weight is 377 g/mol. The number of ether oxygens (including phenoxy) is 2. The number of rotatable bonds is 6. The summed E-state index contributed by atoms with van der Waals surface area (Å²) in [6.07, 6.45) is 1.02. The predicted molar refractivity (Wildman–Crippen MR) is 104 cm³/mol. The van der Waals surface area contributed by atoms with Gasteiger partial charge in [0.05, 0.1) is 7.11 Å². The first-order chi connectivity index (χ1) is 12.2. The van der Waals surface area contributed by atoms with E-state index in [2.05, 4.69) is 28.8 Å². The van der Waals surface area contributed by atoms with Crippen LogP contribution in [0.25, 0.3) is 0 Å². The van der Waals surface area contributed by atoms with Crippen molar-refractivity contribution in [3.05, 3.63) is 59.2 Å². The number of fused-ring (bicyclic) bond motifs is 1. The van der Waals surface area contributed by atoms with Crippen molar-refractivity contribution in [1.29, 1.82) is 0 Å². The lowest BCUT2D eigenvalue weighted by Gasteiger charge is -2.27. The van der Waals surface area contributed by atoms with Crippen molar-refractivity contribution in [3.63, 3.8) is 0 Å². The predicted octanol–water partition coefficient (Wildman–Crippen LogP) is 2.81. The Kier molecular flexibility index (Phi) is 7.30. The van der Waals surface area contributed by atoms with Gasteiger partial charge in [-0.25, -0.2) is 0 Å². The van der Waals surface area contributed by atoms with Gasteiger partial charge in [-0.1, -0.05) is 30.3 Å². The molecule has 0 aromatic heterocycles. The minimum Gasteiger partial charge on any atom is -0.493 e. The summed E-state index contributed by atoms with van der Waals surface area (Å²) in [6.45, 7) is 3.42. The van der Waals surface area contributed by atoms with E-state index in [1.165, 1.54) is 11.1 Å². The van der Waals surface area contributed by atoms with Crippen molar-refractivity contribution in [3.8, 4) is 11.5 Å². The second kappa shape index (κ2) is 9.46. The Labute approximate surface area is 160 Å². The van der Waals surface area contributed by atoms with Gasteiger partial charge in [-0.3, -0.25) is 4.79 Å². The van der Waals surface area contributed by atoms with Crippen LogP contribution in [0, 0.1) is 6.92 Å². The third-order valence-corrected chi connectivity index (χ3v) is 4.40. The number of halogens is 1. The summed E-state index contributed by atoms with van der Waals surface area (Å²) in [5.74, 6) is 1.06. The van der Waals surface area contributed by atoms with Crippen molar-refractivity contribution in [2.45, 2.75) is 19.4 Å². The Morgan fingerprint density at radius 1 is 1.23 bits per heavy atom. The Bertz CT molecular complexity index is 752. The van der Waals surface area contributed by atoms with Crippen molar-refractivity contribution in [1.82, 2.24) is 10.6 Å². The number of carbonyl (C=O) groups is 1. The molecule has 6 heteroatoms. The largest absolute Gasteiger partial charge is 0.493 e. The smallest absolute Gasteiger partial charge is 0.258 e. The lowest BCUT2D eigenvalue weighted by Crippen LogP contribution is -2.40. The quantitative estimate of drug-likeness (QED) is 0.813. The maximum Gasteiger partial charge on any atom is 0.258 e. The van der Waals surface area contributed by atoms with E-state index in [9.17, 15) is 4.79 Å². The monoisotopic (exact) mass is 376 g/mol. The first-order valence-electron chi connectivity index (χ1n) is 8.52. The molecule has 1 heterocycles. The fourth-order valence-electron chi connectivity index (χ4n) is 3.08. The zero-order valence-corrected chi connectivity index (χ0v) is 15.9. The van der Waals surface area contributed by atoms with Crippen molar-refractivity contribution >= 4 is 18.3 Å². The van der Waals surface area contributed by atoms with Gasteiger partial charge in [0.1, 0.15) is 0 Å². The number of methoxy groups -OCH3 is 1. The lowest BCUT2D eigenvalue weighted by atomic mass is 9.94. The Morgan fingerprint density at radius 2 is 2.04 bits per heavy atom. The minimum absolute atomic E-state index is 0. The van der Waals surface area contributed by atoms with Gasteiger partial charge in [0.15, 0.2) is 18.1 Å². The molecule has 2 N–H and O–H groups in total. The molecule has 0 saturated carbocycles. The van der Waals surface area contributed by atoms with Gasteiger partial charge in [-0.15, -0.1) is 12.4 Å². The van der Waals surface area contributed by atoms with E-state index in [0.717, 1.165) is 18.5 Å². The number of nitrogens with one attached hydrogen (secondary N) is 2. The van der Waals surface area contributed by atoms with Crippen LogP contribution in [-0.2, 0) is 11.2 Å². The first-order valence-corrected chi connectivity index (χ1v) is 8.52. The molecule has 1 amide bonds. The Hall–Kier alpha value is -2.24. The number of hydrogen-bond acceptors (Lipinski definition) is 4. The molecule has 1 aliphatic rings. The minimum atomic E-state index is -0.146. The van der Waals surface area contributed by atoms with Crippen LogP contribution in [0.5, 0.6) is 11.5 Å². The van der Waals surface area contributed by atoms with Gasteiger partial charge in [0.2, 0.25) is 0 Å². The van der Waals surface area contributed by atoms with Gasteiger partial charge in [0.25, 0.3) is 5.91 Å². The summed E-state index contributed by atoms with van der Waals surface area (Å²) in [6, 6.07) is 14.1. The maximum atomic E-state index is 12.1. The van der Waals surface area contributed by atoms with E-state index in [1.807, 2.05) is 31.2 Å². The molecule has 140 valence electrons. The molecule has 0 spiro atoms. The molecule has 0 aliphatic carbocycles. The first kappa shape index (κ1) is 20.1. The van der Waals surface area contributed by atoms with E-state index in [0.29, 0.717) is 18.0 Å². The fraction of sp³-hybridized carbons (Fsp3) is 0.350. The van der Waals surface area contributed by atoms with Gasteiger partial charge < -0.3 is 20.1 Å². The summed E-state index contributed by atoms with van der Waals surface area (Å²) in [5, 5.41) is 6.40. The SMILES string of the molecule is COc1cc(C)ccc1OCC(=O)NCC1NCCc2ccccc21.Cl. The van der Waals surface area contributed by atoms with Crippen LogP contribution in [0.15, 0.2) is 42.5 Å². The zero-order valence-electron chi connectivity index (χ0n) is 15.1. The van der Waals surface area contributed by atoms with Crippen LogP contribution in [0.1, 0.15) is 22.7 Å². The molecular formula is C20H25ClN2O3. The van der Waals surface area contributed by atoms with E-state index in [1.54, 1.807) is 7.11 Å². The molecular weight excluding hydrogens is 352 g/mol. The summed E-state index contributed by atoms with van der Waals surface area (Å²) >= 11 is 0. The van der Waals surface area contributed by atoms with Crippen molar-refractivity contribution in [2.75, 3.05) is 26.8 Å². The number of carbonyl (C=O) groups excluding carboxylic acids is 1. The van der Waals surface area contributed by atoms with Crippen LogP contribution >= 0.6 is 12.4 Å². The molecule has 0 radical (unpaired) electrons. The molecule has 5 nitrogen and oxygen atoms in total. The molecule has 0 bridgehead atoms. The fourth-order valence-corrected chi connectivity index (χ4v) is 3.08. The summed E-state index contributed by atoms with van der Waals surface area (Å²) in [7, 11) is 1.59. The highest BCUT2D eigenvalue weighted by Gasteiger charge is 2.19. The van der Waals surface area contributed by atoms with E-state index < -0.39 is 0 Å². The normalized spacial score (nSPS) is 15.4. The molecule has 3 rings (SSSR count). The highest BCUT2D eigenvalue weighted by Crippen LogP contribution is 2.27. The summed E-state index contributed by atoms with van der Waals surface area (Å²) < 4.78 is 10.9. The van der Waals surface area contributed by atoms with Crippen LogP contribution < -0.4 is 20.1 Å². The lowest BCUT2D eigenvalue weighted by molar-refractivity contribution is -0.123. The molecule has 2 aromatic carbocycles. The Morgan fingerprint density at radius 3 is 2.85 bits per heavy atom.